The first-order valence-corrected chi connectivity index (χ1v) is 9.46. The number of hydrogen-bond donors (Lipinski definition) is 1. The maximum Gasteiger partial charge on any atom is 0.255 e. The van der Waals surface area contributed by atoms with Gasteiger partial charge in [0.15, 0.2) is 5.78 Å². The van der Waals surface area contributed by atoms with Gasteiger partial charge in [0.2, 0.25) is 0 Å². The first-order valence-electron chi connectivity index (χ1n) is 9.46. The summed E-state index contributed by atoms with van der Waals surface area (Å²) in [6, 6.07) is 12.7. The first kappa shape index (κ1) is 18.2. The highest BCUT2D eigenvalue weighted by Crippen LogP contribution is 2.29. The Labute approximate surface area is 163 Å². The van der Waals surface area contributed by atoms with E-state index in [-0.39, 0.29) is 11.7 Å². The quantitative estimate of drug-likeness (QED) is 0.630. The van der Waals surface area contributed by atoms with Gasteiger partial charge in [0, 0.05) is 28.4 Å². The van der Waals surface area contributed by atoms with Gasteiger partial charge in [0.25, 0.3) is 5.91 Å². The Hall–Kier alpha value is -3.21. The lowest BCUT2D eigenvalue weighted by molar-refractivity contribution is 0.101. The highest BCUT2D eigenvalue weighted by atomic mass is 16.5. The summed E-state index contributed by atoms with van der Waals surface area (Å²) in [5, 5.41) is 3.82. The van der Waals surface area contributed by atoms with E-state index in [2.05, 4.69) is 10.3 Å². The predicted octanol–water partition coefficient (Wildman–Crippen LogP) is 4.79. The van der Waals surface area contributed by atoms with Gasteiger partial charge in [0.05, 0.1) is 12.1 Å². The summed E-state index contributed by atoms with van der Waals surface area (Å²) < 4.78 is 5.71. The van der Waals surface area contributed by atoms with Crippen LogP contribution in [0.5, 0.6) is 5.75 Å². The van der Waals surface area contributed by atoms with Gasteiger partial charge in [-0.05, 0) is 74.6 Å². The summed E-state index contributed by atoms with van der Waals surface area (Å²) in [6.45, 7) is 4.18. The molecule has 0 spiro atoms. The van der Waals surface area contributed by atoms with Crippen LogP contribution in [0, 0.1) is 12.8 Å². The molecule has 1 aliphatic rings. The normalized spacial score (nSPS) is 13.4. The molecular weight excluding hydrogens is 352 g/mol. The van der Waals surface area contributed by atoms with Crippen LogP contribution in [0.3, 0.4) is 0 Å². The summed E-state index contributed by atoms with van der Waals surface area (Å²) in [5.41, 5.74) is 3.48. The van der Waals surface area contributed by atoms with E-state index in [1.165, 1.54) is 19.8 Å². The van der Waals surface area contributed by atoms with Crippen molar-refractivity contribution in [1.82, 2.24) is 4.98 Å². The maximum absolute atomic E-state index is 12.6. The van der Waals surface area contributed by atoms with Gasteiger partial charge >= 0.3 is 0 Å². The second-order valence-electron chi connectivity index (χ2n) is 7.32. The van der Waals surface area contributed by atoms with Gasteiger partial charge in [-0.15, -0.1) is 0 Å². The third-order valence-electron chi connectivity index (χ3n) is 5.06. The van der Waals surface area contributed by atoms with Crippen LogP contribution < -0.4 is 10.1 Å². The molecule has 5 heteroatoms. The molecule has 0 atom stereocenters. The Kier molecular flexibility index (Phi) is 4.82. The number of nitrogens with one attached hydrogen (secondary N) is 1. The van der Waals surface area contributed by atoms with Crippen LogP contribution >= 0.6 is 0 Å². The molecule has 1 N–H and O–H groups in total. The number of benzene rings is 2. The number of amides is 1. The zero-order valence-electron chi connectivity index (χ0n) is 16.0. The van der Waals surface area contributed by atoms with E-state index in [9.17, 15) is 9.59 Å². The van der Waals surface area contributed by atoms with E-state index in [0.29, 0.717) is 22.7 Å². The third-order valence-corrected chi connectivity index (χ3v) is 5.06. The highest BCUT2D eigenvalue weighted by molar-refractivity contribution is 6.06. The minimum Gasteiger partial charge on any atom is -0.493 e. The number of rotatable bonds is 6. The molecule has 1 heterocycles. The number of pyridine rings is 1. The van der Waals surface area contributed by atoms with Crippen molar-refractivity contribution in [3.63, 3.8) is 0 Å². The Bertz CT molecular complexity index is 1050. The molecule has 5 nitrogen and oxygen atoms in total. The molecule has 3 aromatic rings. The van der Waals surface area contributed by atoms with Crippen molar-refractivity contribution in [1.29, 1.82) is 0 Å². The molecule has 0 unspecified atom stereocenters. The average Bonchev–Trinajstić information content (AvgIpc) is 3.53. The number of carbonyl (C=O) groups is 2. The summed E-state index contributed by atoms with van der Waals surface area (Å²) in [6.07, 6.45) is 4.07. The van der Waals surface area contributed by atoms with E-state index in [1.807, 2.05) is 37.3 Å². The Morgan fingerprint density at radius 3 is 2.54 bits per heavy atom. The molecule has 0 aliphatic heterocycles. The number of carbonyl (C=O) groups excluding carboxylic acids is 2. The van der Waals surface area contributed by atoms with Crippen molar-refractivity contribution >= 4 is 28.3 Å². The maximum atomic E-state index is 12.6. The van der Waals surface area contributed by atoms with Crippen molar-refractivity contribution in [3.8, 4) is 5.75 Å². The van der Waals surface area contributed by atoms with Crippen LogP contribution in [0.25, 0.3) is 10.9 Å². The molecule has 1 amide bonds. The Morgan fingerprint density at radius 1 is 1.11 bits per heavy atom. The lowest BCUT2D eigenvalue weighted by Gasteiger charge is -2.11. The fraction of sp³-hybridized carbons (Fsp3) is 0.261. The van der Waals surface area contributed by atoms with Crippen LogP contribution in [0.1, 0.15) is 46.0 Å². The summed E-state index contributed by atoms with van der Waals surface area (Å²) in [7, 11) is 0. The average molecular weight is 374 g/mol. The molecular formula is C23H22N2O3. The Balaban J connectivity index is 1.50. The fourth-order valence-corrected chi connectivity index (χ4v) is 3.07. The lowest BCUT2D eigenvalue weighted by atomic mass is 10.1. The molecule has 0 radical (unpaired) electrons. The minimum absolute atomic E-state index is 0.0195. The zero-order valence-corrected chi connectivity index (χ0v) is 16.0. The number of hydrogen-bond acceptors (Lipinski definition) is 4. The second kappa shape index (κ2) is 7.43. The second-order valence-corrected chi connectivity index (χ2v) is 7.32. The number of ether oxygens (including phenoxy) is 1. The molecule has 1 aromatic heterocycles. The van der Waals surface area contributed by atoms with Crippen molar-refractivity contribution in [3.05, 3.63) is 65.4 Å². The number of aryl methyl sites for hydroxylation is 1. The van der Waals surface area contributed by atoms with Crippen molar-refractivity contribution in [2.24, 2.45) is 5.92 Å². The number of fused-ring (bicyclic) bond motifs is 1. The van der Waals surface area contributed by atoms with Crippen LogP contribution in [-0.2, 0) is 0 Å². The monoisotopic (exact) mass is 374 g/mol. The van der Waals surface area contributed by atoms with E-state index < -0.39 is 0 Å². The number of nitrogens with zero attached hydrogens (tertiary/aromatic N) is 1. The first-order chi connectivity index (χ1) is 13.5. The van der Waals surface area contributed by atoms with E-state index in [4.69, 9.17) is 4.74 Å². The standard InChI is InChI=1S/C23H22N2O3/c1-14-21(10-7-18-11-19(15(2)26)12-24-22(14)18)25-23(27)17-5-8-20(9-6-17)28-13-16-3-4-16/h5-12,16H,3-4,13H2,1-2H3,(H,25,27). The largest absolute Gasteiger partial charge is 0.493 e. The van der Waals surface area contributed by atoms with Crippen LogP contribution in [0.4, 0.5) is 5.69 Å². The van der Waals surface area contributed by atoms with Crippen molar-refractivity contribution in [2.45, 2.75) is 26.7 Å². The minimum atomic E-state index is -0.184. The smallest absolute Gasteiger partial charge is 0.255 e. The van der Waals surface area contributed by atoms with E-state index in [1.54, 1.807) is 18.3 Å². The van der Waals surface area contributed by atoms with Crippen LogP contribution in [0.15, 0.2) is 48.7 Å². The topological polar surface area (TPSA) is 68.3 Å². The van der Waals surface area contributed by atoms with Crippen molar-refractivity contribution < 1.29 is 14.3 Å². The number of anilines is 1. The summed E-state index contributed by atoms with van der Waals surface area (Å²) in [5.74, 6) is 1.28. The molecule has 0 saturated heterocycles. The van der Waals surface area contributed by atoms with Gasteiger partial charge < -0.3 is 10.1 Å². The SMILES string of the molecule is CC(=O)c1cnc2c(C)c(NC(=O)c3ccc(OCC4CC4)cc3)ccc2c1. The third kappa shape index (κ3) is 3.88. The van der Waals surface area contributed by atoms with Gasteiger partial charge in [-0.1, -0.05) is 6.07 Å². The zero-order chi connectivity index (χ0) is 19.7. The highest BCUT2D eigenvalue weighted by Gasteiger charge is 2.21. The molecule has 1 fully saturated rings. The molecule has 1 saturated carbocycles. The predicted molar refractivity (Wildman–Crippen MR) is 109 cm³/mol. The summed E-state index contributed by atoms with van der Waals surface area (Å²) >= 11 is 0. The van der Waals surface area contributed by atoms with Gasteiger partial charge in [0.1, 0.15) is 5.75 Å². The lowest BCUT2D eigenvalue weighted by Crippen LogP contribution is -2.13. The molecule has 4 rings (SSSR count). The molecule has 1 aliphatic carbocycles. The van der Waals surface area contributed by atoms with E-state index >= 15 is 0 Å². The fourth-order valence-electron chi connectivity index (χ4n) is 3.07. The number of aromatic nitrogens is 1. The number of ketones is 1. The molecule has 0 bridgehead atoms. The van der Waals surface area contributed by atoms with Crippen molar-refractivity contribution in [2.75, 3.05) is 11.9 Å². The molecule has 2 aromatic carbocycles. The molecule has 142 valence electrons. The molecule has 28 heavy (non-hydrogen) atoms. The van der Waals surface area contributed by atoms with Crippen LogP contribution in [-0.4, -0.2) is 23.3 Å². The van der Waals surface area contributed by atoms with Crippen LogP contribution in [0.2, 0.25) is 0 Å². The van der Waals surface area contributed by atoms with E-state index in [0.717, 1.165) is 28.8 Å². The summed E-state index contributed by atoms with van der Waals surface area (Å²) in [4.78, 5) is 28.6. The number of Topliss-reactive ketones (excluding diaryl/α,β-unsaturated/α-hetero) is 1. The van der Waals surface area contributed by atoms with Gasteiger partial charge in [-0.2, -0.15) is 0 Å². The Morgan fingerprint density at radius 2 is 1.86 bits per heavy atom. The van der Waals surface area contributed by atoms with Gasteiger partial charge in [-0.25, -0.2) is 0 Å². The van der Waals surface area contributed by atoms with Gasteiger partial charge in [-0.3, -0.25) is 14.6 Å².